The van der Waals surface area contributed by atoms with Gasteiger partial charge in [-0.15, -0.1) is 0 Å². The SMILES string of the molecule is COc1cccc2c(=O)n(-c3cc(NC(=O)c4cc(C(F)(F)F)ccc4F)ccc3C)cnc12. The fourth-order valence-corrected chi connectivity index (χ4v) is 3.48. The van der Waals surface area contributed by atoms with Crippen molar-refractivity contribution >= 4 is 22.5 Å². The van der Waals surface area contributed by atoms with E-state index in [1.165, 1.54) is 30.1 Å². The van der Waals surface area contributed by atoms with Crippen LogP contribution in [0.15, 0.2) is 65.7 Å². The predicted octanol–water partition coefficient (Wildman–Crippen LogP) is 5.11. The number of carbonyl (C=O) groups is 1. The first-order valence-corrected chi connectivity index (χ1v) is 9.93. The number of amides is 1. The van der Waals surface area contributed by atoms with Gasteiger partial charge in [-0.1, -0.05) is 12.1 Å². The average molecular weight is 471 g/mol. The molecule has 1 amide bonds. The Morgan fingerprint density at radius 3 is 2.56 bits per heavy atom. The first-order chi connectivity index (χ1) is 16.1. The van der Waals surface area contributed by atoms with Crippen molar-refractivity contribution in [1.29, 1.82) is 0 Å². The molecule has 0 atom stereocenters. The number of nitrogens with zero attached hydrogens (tertiary/aromatic N) is 2. The fraction of sp³-hybridized carbons (Fsp3) is 0.125. The van der Waals surface area contributed by atoms with Crippen molar-refractivity contribution in [2.24, 2.45) is 0 Å². The highest BCUT2D eigenvalue weighted by molar-refractivity contribution is 6.04. The molecule has 1 heterocycles. The van der Waals surface area contributed by atoms with Crippen LogP contribution in [0, 0.1) is 12.7 Å². The fourth-order valence-electron chi connectivity index (χ4n) is 3.48. The van der Waals surface area contributed by atoms with Gasteiger partial charge in [0.05, 0.1) is 29.3 Å². The molecule has 10 heteroatoms. The standard InChI is InChI=1S/C24H17F4N3O3/c1-13-6-8-15(30-22(32)17-10-14(24(26,27)28)7-9-18(17)25)11-19(13)31-12-29-21-16(23(31)33)4-3-5-20(21)34-2/h3-12H,1-2H3,(H,30,32). The van der Waals surface area contributed by atoms with Crippen molar-refractivity contribution in [2.75, 3.05) is 12.4 Å². The second-order valence-corrected chi connectivity index (χ2v) is 7.42. The smallest absolute Gasteiger partial charge is 0.416 e. The molecular weight excluding hydrogens is 454 g/mol. The van der Waals surface area contributed by atoms with Gasteiger partial charge in [0.15, 0.2) is 0 Å². The Morgan fingerprint density at radius 1 is 1.09 bits per heavy atom. The molecule has 3 aromatic carbocycles. The molecule has 0 radical (unpaired) electrons. The molecule has 1 N–H and O–H groups in total. The van der Waals surface area contributed by atoms with Crippen molar-refractivity contribution in [3.63, 3.8) is 0 Å². The summed E-state index contributed by atoms with van der Waals surface area (Å²) < 4.78 is 59.5. The molecule has 0 saturated heterocycles. The minimum atomic E-state index is -4.73. The Hall–Kier alpha value is -4.21. The maximum Gasteiger partial charge on any atom is 0.416 e. The highest BCUT2D eigenvalue weighted by atomic mass is 19.4. The predicted molar refractivity (Wildman–Crippen MR) is 118 cm³/mol. The number of hydrogen-bond acceptors (Lipinski definition) is 4. The quantitative estimate of drug-likeness (QED) is 0.420. The third kappa shape index (κ3) is 4.21. The van der Waals surface area contributed by atoms with Crippen LogP contribution in [0.4, 0.5) is 23.2 Å². The third-order valence-corrected chi connectivity index (χ3v) is 5.24. The number of carbonyl (C=O) groups excluding carboxylic acids is 1. The Kier molecular flexibility index (Phi) is 5.82. The minimum Gasteiger partial charge on any atom is -0.494 e. The van der Waals surface area contributed by atoms with E-state index in [0.29, 0.717) is 46.1 Å². The van der Waals surface area contributed by atoms with Crippen LogP contribution in [0.5, 0.6) is 5.75 Å². The van der Waals surface area contributed by atoms with Crippen LogP contribution in [0.1, 0.15) is 21.5 Å². The van der Waals surface area contributed by atoms with Crippen LogP contribution < -0.4 is 15.6 Å². The lowest BCUT2D eigenvalue weighted by Gasteiger charge is -2.14. The first kappa shape index (κ1) is 23.0. The summed E-state index contributed by atoms with van der Waals surface area (Å²) in [5.41, 5.74) is -0.715. The van der Waals surface area contributed by atoms with Gasteiger partial charge in [0, 0.05) is 5.69 Å². The summed E-state index contributed by atoms with van der Waals surface area (Å²) in [5.74, 6) is -1.73. The van der Waals surface area contributed by atoms with Crippen LogP contribution in [-0.4, -0.2) is 22.6 Å². The van der Waals surface area contributed by atoms with Crippen LogP contribution in [0.3, 0.4) is 0 Å². The number of rotatable bonds is 4. The number of ether oxygens (including phenoxy) is 1. The van der Waals surface area contributed by atoms with E-state index in [0.717, 1.165) is 0 Å². The molecule has 0 spiro atoms. The van der Waals surface area contributed by atoms with Crippen molar-refractivity contribution in [3.05, 3.63) is 93.8 Å². The number of anilines is 1. The molecule has 4 rings (SSSR count). The van der Waals surface area contributed by atoms with Gasteiger partial charge in [-0.25, -0.2) is 9.37 Å². The topological polar surface area (TPSA) is 73.2 Å². The number of benzene rings is 3. The monoisotopic (exact) mass is 471 g/mol. The van der Waals surface area contributed by atoms with Gasteiger partial charge in [0.25, 0.3) is 11.5 Å². The molecule has 0 aliphatic carbocycles. The number of para-hydroxylation sites is 1. The number of fused-ring (bicyclic) bond motifs is 1. The summed E-state index contributed by atoms with van der Waals surface area (Å²) in [5, 5.41) is 2.70. The molecule has 0 bridgehead atoms. The van der Waals surface area contributed by atoms with Gasteiger partial charge in [-0.2, -0.15) is 13.2 Å². The number of aromatic nitrogens is 2. The van der Waals surface area contributed by atoms with Crippen molar-refractivity contribution in [3.8, 4) is 11.4 Å². The summed E-state index contributed by atoms with van der Waals surface area (Å²) in [7, 11) is 1.46. The van der Waals surface area contributed by atoms with Crippen molar-refractivity contribution in [2.45, 2.75) is 13.1 Å². The Balaban J connectivity index is 1.73. The number of aryl methyl sites for hydroxylation is 1. The Morgan fingerprint density at radius 2 is 1.85 bits per heavy atom. The van der Waals surface area contributed by atoms with Crippen molar-refractivity contribution in [1.82, 2.24) is 9.55 Å². The Labute approximate surface area is 190 Å². The Bertz CT molecular complexity index is 1480. The molecule has 0 unspecified atom stereocenters. The number of alkyl halides is 3. The van der Waals surface area contributed by atoms with Gasteiger partial charge in [-0.3, -0.25) is 14.2 Å². The summed E-state index contributed by atoms with van der Waals surface area (Å²) >= 11 is 0. The van der Waals surface area contributed by atoms with E-state index < -0.39 is 29.0 Å². The highest BCUT2D eigenvalue weighted by Crippen LogP contribution is 2.31. The molecule has 0 saturated carbocycles. The number of methoxy groups -OCH3 is 1. The van der Waals surface area contributed by atoms with Crippen LogP contribution in [0.2, 0.25) is 0 Å². The summed E-state index contributed by atoms with van der Waals surface area (Å²) in [6, 6.07) is 11.1. The number of halogens is 4. The zero-order chi connectivity index (χ0) is 24.6. The van der Waals surface area contributed by atoms with E-state index >= 15 is 0 Å². The average Bonchev–Trinajstić information content (AvgIpc) is 2.80. The molecule has 34 heavy (non-hydrogen) atoms. The third-order valence-electron chi connectivity index (χ3n) is 5.24. The summed E-state index contributed by atoms with van der Waals surface area (Å²) in [6.45, 7) is 1.73. The van der Waals surface area contributed by atoms with Crippen molar-refractivity contribution < 1.29 is 27.1 Å². The molecule has 0 aliphatic rings. The summed E-state index contributed by atoms with van der Waals surface area (Å²) in [4.78, 5) is 30.0. The number of nitrogens with one attached hydrogen (secondary N) is 1. The maximum absolute atomic E-state index is 14.1. The zero-order valence-corrected chi connectivity index (χ0v) is 17.9. The van der Waals surface area contributed by atoms with Gasteiger partial charge >= 0.3 is 6.18 Å². The summed E-state index contributed by atoms with van der Waals surface area (Å²) in [6.07, 6.45) is -3.42. The van der Waals surface area contributed by atoms with E-state index in [1.807, 2.05) is 0 Å². The largest absolute Gasteiger partial charge is 0.494 e. The molecular formula is C24H17F4N3O3. The van der Waals surface area contributed by atoms with E-state index in [-0.39, 0.29) is 11.2 Å². The van der Waals surface area contributed by atoms with E-state index in [2.05, 4.69) is 10.3 Å². The number of hydrogen-bond donors (Lipinski definition) is 1. The molecule has 1 aromatic heterocycles. The van der Waals surface area contributed by atoms with E-state index in [9.17, 15) is 27.2 Å². The van der Waals surface area contributed by atoms with Gasteiger partial charge < -0.3 is 10.1 Å². The maximum atomic E-state index is 14.1. The molecule has 0 aliphatic heterocycles. The lowest BCUT2D eigenvalue weighted by Crippen LogP contribution is -2.20. The van der Waals surface area contributed by atoms with Gasteiger partial charge in [-0.05, 0) is 55.0 Å². The highest BCUT2D eigenvalue weighted by Gasteiger charge is 2.32. The second-order valence-electron chi connectivity index (χ2n) is 7.42. The minimum absolute atomic E-state index is 0.153. The van der Waals surface area contributed by atoms with Gasteiger partial charge in [0.2, 0.25) is 0 Å². The van der Waals surface area contributed by atoms with Gasteiger partial charge in [0.1, 0.15) is 23.4 Å². The molecule has 6 nitrogen and oxygen atoms in total. The normalized spacial score (nSPS) is 11.5. The molecule has 4 aromatic rings. The van der Waals surface area contributed by atoms with E-state index in [4.69, 9.17) is 4.74 Å². The lowest BCUT2D eigenvalue weighted by atomic mass is 10.1. The lowest BCUT2D eigenvalue weighted by molar-refractivity contribution is -0.137. The molecule has 0 fully saturated rings. The second kappa shape index (κ2) is 8.62. The van der Waals surface area contributed by atoms with E-state index in [1.54, 1.807) is 31.2 Å². The first-order valence-electron chi connectivity index (χ1n) is 9.93. The molecule has 174 valence electrons. The zero-order valence-electron chi connectivity index (χ0n) is 17.9. The van der Waals surface area contributed by atoms with Crippen LogP contribution in [0.25, 0.3) is 16.6 Å². The van der Waals surface area contributed by atoms with Crippen LogP contribution in [-0.2, 0) is 6.18 Å². The van der Waals surface area contributed by atoms with Crippen LogP contribution >= 0.6 is 0 Å².